The number of Topliss-reactive ketones (excluding diaryl/α,β-unsaturated/α-hetero) is 1. The predicted octanol–water partition coefficient (Wildman–Crippen LogP) is 3.44. The quantitative estimate of drug-likeness (QED) is 0.513. The van der Waals surface area contributed by atoms with Gasteiger partial charge in [0, 0.05) is 18.2 Å². The third-order valence-electron chi connectivity index (χ3n) is 4.13. The van der Waals surface area contributed by atoms with Crippen molar-refractivity contribution in [3.63, 3.8) is 0 Å². The van der Waals surface area contributed by atoms with Crippen LogP contribution in [0.1, 0.15) is 67.8 Å². The Balaban J connectivity index is 2.31. The van der Waals surface area contributed by atoms with E-state index in [0.29, 0.717) is 11.6 Å². The maximum absolute atomic E-state index is 12.1. The van der Waals surface area contributed by atoms with Crippen molar-refractivity contribution in [3.8, 4) is 0 Å². The molecule has 1 fully saturated rings. The molecule has 0 aliphatic heterocycles. The highest BCUT2D eigenvalue weighted by molar-refractivity contribution is 6.40. The van der Waals surface area contributed by atoms with Crippen molar-refractivity contribution in [1.29, 1.82) is 0 Å². The Morgan fingerprint density at radius 3 is 2.48 bits per heavy atom. The second kappa shape index (κ2) is 7.90. The molecule has 0 spiro atoms. The predicted molar refractivity (Wildman–Crippen MR) is 87.5 cm³/mol. The fraction of sp³-hybridized carbons (Fsp3) is 0.500. The number of ether oxygens (including phenoxy) is 1. The van der Waals surface area contributed by atoms with Crippen molar-refractivity contribution < 1.29 is 19.1 Å². The van der Waals surface area contributed by atoms with E-state index in [1.165, 1.54) is 26.2 Å². The van der Waals surface area contributed by atoms with E-state index < -0.39 is 11.8 Å². The molecular formula is C18H23NO4. The number of benzene rings is 1. The summed E-state index contributed by atoms with van der Waals surface area (Å²) in [6.07, 6.45) is 5.75. The molecule has 1 aromatic carbocycles. The van der Waals surface area contributed by atoms with Crippen LogP contribution in [0.4, 0.5) is 5.69 Å². The molecule has 0 saturated heterocycles. The van der Waals surface area contributed by atoms with E-state index in [2.05, 4.69) is 5.32 Å². The Bertz CT molecular complexity index is 603. The summed E-state index contributed by atoms with van der Waals surface area (Å²) in [6, 6.07) is 5.09. The zero-order valence-corrected chi connectivity index (χ0v) is 13.7. The summed E-state index contributed by atoms with van der Waals surface area (Å²) in [5.41, 5.74) is 1.91. The summed E-state index contributed by atoms with van der Waals surface area (Å²) < 4.78 is 4.75. The summed E-state index contributed by atoms with van der Waals surface area (Å²) >= 11 is 0. The van der Waals surface area contributed by atoms with Gasteiger partial charge in [-0.1, -0.05) is 31.4 Å². The SMILES string of the molecule is CCOC(=O)C(=O)c1ccc(C2CCCCC2)c(NC(C)=O)c1. The van der Waals surface area contributed by atoms with Crippen molar-refractivity contribution >= 4 is 23.3 Å². The van der Waals surface area contributed by atoms with Gasteiger partial charge >= 0.3 is 5.97 Å². The van der Waals surface area contributed by atoms with Gasteiger partial charge in [0.1, 0.15) is 0 Å². The van der Waals surface area contributed by atoms with Crippen molar-refractivity contribution in [3.05, 3.63) is 29.3 Å². The van der Waals surface area contributed by atoms with Gasteiger partial charge in [0.05, 0.1) is 6.61 Å². The molecule has 2 rings (SSSR count). The van der Waals surface area contributed by atoms with Gasteiger partial charge in [0.2, 0.25) is 5.91 Å². The zero-order chi connectivity index (χ0) is 16.8. The fourth-order valence-corrected chi connectivity index (χ4v) is 3.08. The third kappa shape index (κ3) is 4.41. The minimum absolute atomic E-state index is 0.156. The molecule has 0 heterocycles. The van der Waals surface area contributed by atoms with Crippen LogP contribution in [0.5, 0.6) is 0 Å². The number of anilines is 1. The van der Waals surface area contributed by atoms with E-state index in [9.17, 15) is 14.4 Å². The lowest BCUT2D eigenvalue weighted by atomic mass is 9.83. The molecule has 0 atom stereocenters. The highest BCUT2D eigenvalue weighted by atomic mass is 16.5. The molecule has 0 bridgehead atoms. The van der Waals surface area contributed by atoms with Crippen LogP contribution >= 0.6 is 0 Å². The first-order valence-corrected chi connectivity index (χ1v) is 8.16. The van der Waals surface area contributed by atoms with Crippen LogP contribution in [0, 0.1) is 0 Å². The lowest BCUT2D eigenvalue weighted by molar-refractivity contribution is -0.137. The smallest absolute Gasteiger partial charge is 0.379 e. The molecule has 23 heavy (non-hydrogen) atoms. The maximum Gasteiger partial charge on any atom is 0.379 e. The Kier molecular flexibility index (Phi) is 5.90. The Morgan fingerprint density at radius 2 is 1.87 bits per heavy atom. The van der Waals surface area contributed by atoms with Gasteiger partial charge in [0.15, 0.2) is 0 Å². The highest BCUT2D eigenvalue weighted by Crippen LogP contribution is 2.37. The number of rotatable bonds is 5. The van der Waals surface area contributed by atoms with Crippen LogP contribution in [0.15, 0.2) is 18.2 Å². The van der Waals surface area contributed by atoms with Crippen LogP contribution in [0.2, 0.25) is 0 Å². The number of esters is 1. The molecule has 0 unspecified atom stereocenters. The second-order valence-corrected chi connectivity index (χ2v) is 5.87. The number of carbonyl (C=O) groups is 3. The molecule has 1 aromatic rings. The number of amides is 1. The Labute approximate surface area is 136 Å². The van der Waals surface area contributed by atoms with E-state index >= 15 is 0 Å². The lowest BCUT2D eigenvalue weighted by Crippen LogP contribution is -2.19. The summed E-state index contributed by atoms with van der Waals surface area (Å²) in [5.74, 6) is -1.36. The summed E-state index contributed by atoms with van der Waals surface area (Å²) in [7, 11) is 0. The van der Waals surface area contributed by atoms with Gasteiger partial charge < -0.3 is 10.1 Å². The highest BCUT2D eigenvalue weighted by Gasteiger charge is 2.23. The molecule has 0 radical (unpaired) electrons. The average molecular weight is 317 g/mol. The first kappa shape index (κ1) is 17.2. The van der Waals surface area contributed by atoms with Crippen molar-refractivity contribution in [2.45, 2.75) is 51.9 Å². The molecule has 1 aliphatic rings. The number of hydrogen-bond acceptors (Lipinski definition) is 4. The first-order valence-electron chi connectivity index (χ1n) is 8.16. The monoisotopic (exact) mass is 317 g/mol. The lowest BCUT2D eigenvalue weighted by Gasteiger charge is -2.24. The van der Waals surface area contributed by atoms with Crippen LogP contribution in [-0.2, 0) is 14.3 Å². The van der Waals surface area contributed by atoms with Gasteiger partial charge in [-0.25, -0.2) is 4.79 Å². The summed E-state index contributed by atoms with van der Waals surface area (Å²) in [4.78, 5) is 35.2. The number of nitrogens with one attached hydrogen (secondary N) is 1. The van der Waals surface area contributed by atoms with Crippen molar-refractivity contribution in [2.75, 3.05) is 11.9 Å². The molecule has 0 aromatic heterocycles. The van der Waals surface area contributed by atoms with E-state index in [1.807, 2.05) is 6.07 Å². The van der Waals surface area contributed by atoms with E-state index in [-0.39, 0.29) is 18.1 Å². The molecular weight excluding hydrogens is 294 g/mol. The molecule has 5 nitrogen and oxygen atoms in total. The van der Waals surface area contributed by atoms with Crippen LogP contribution in [0.25, 0.3) is 0 Å². The minimum Gasteiger partial charge on any atom is -0.460 e. The van der Waals surface area contributed by atoms with Crippen LogP contribution < -0.4 is 5.32 Å². The topological polar surface area (TPSA) is 72.5 Å². The van der Waals surface area contributed by atoms with E-state index in [4.69, 9.17) is 4.74 Å². The van der Waals surface area contributed by atoms with Crippen LogP contribution in [0.3, 0.4) is 0 Å². The second-order valence-electron chi connectivity index (χ2n) is 5.87. The fourth-order valence-electron chi connectivity index (χ4n) is 3.08. The van der Waals surface area contributed by atoms with E-state index in [0.717, 1.165) is 18.4 Å². The number of carbonyl (C=O) groups excluding carboxylic acids is 3. The molecule has 1 saturated carbocycles. The average Bonchev–Trinajstić information content (AvgIpc) is 2.54. The Morgan fingerprint density at radius 1 is 1.17 bits per heavy atom. The van der Waals surface area contributed by atoms with Gasteiger partial charge in [-0.3, -0.25) is 9.59 Å². The van der Waals surface area contributed by atoms with Gasteiger partial charge in [0.25, 0.3) is 5.78 Å². The largest absolute Gasteiger partial charge is 0.460 e. The molecule has 1 aliphatic carbocycles. The number of hydrogen-bond donors (Lipinski definition) is 1. The van der Waals surface area contributed by atoms with Gasteiger partial charge in [-0.05, 0) is 37.3 Å². The zero-order valence-electron chi connectivity index (χ0n) is 13.7. The summed E-state index contributed by atoms with van der Waals surface area (Å²) in [6.45, 7) is 3.24. The number of ketones is 1. The van der Waals surface area contributed by atoms with E-state index in [1.54, 1.807) is 19.1 Å². The standard InChI is InChI=1S/C18H23NO4/c1-3-23-18(22)17(21)14-9-10-15(13-7-5-4-6-8-13)16(11-14)19-12(2)20/h9-11,13H,3-8H2,1-2H3,(H,19,20). The third-order valence-corrected chi connectivity index (χ3v) is 4.13. The normalized spacial score (nSPS) is 15.0. The van der Waals surface area contributed by atoms with Crippen LogP contribution in [-0.4, -0.2) is 24.3 Å². The molecule has 124 valence electrons. The maximum atomic E-state index is 12.1. The summed E-state index contributed by atoms with van der Waals surface area (Å²) in [5, 5.41) is 2.79. The molecule has 1 amide bonds. The van der Waals surface area contributed by atoms with Crippen molar-refractivity contribution in [1.82, 2.24) is 0 Å². The Hall–Kier alpha value is -2.17. The molecule has 5 heteroatoms. The minimum atomic E-state index is -0.869. The molecule has 1 N–H and O–H groups in total. The first-order chi connectivity index (χ1) is 11.0. The van der Waals surface area contributed by atoms with Gasteiger partial charge in [-0.15, -0.1) is 0 Å². The van der Waals surface area contributed by atoms with Gasteiger partial charge in [-0.2, -0.15) is 0 Å². The van der Waals surface area contributed by atoms with Crippen molar-refractivity contribution in [2.24, 2.45) is 0 Å².